The highest BCUT2D eigenvalue weighted by molar-refractivity contribution is 5.94. The van der Waals surface area contributed by atoms with Crippen LogP contribution in [0.5, 0.6) is 11.5 Å². The number of likely N-dealkylation sites (tertiary alicyclic amines) is 1. The van der Waals surface area contributed by atoms with Crippen molar-refractivity contribution in [2.24, 2.45) is 5.92 Å². The highest BCUT2D eigenvalue weighted by atomic mass is 16.5. The molecule has 1 amide bonds. The van der Waals surface area contributed by atoms with Crippen LogP contribution in [0.4, 0.5) is 0 Å². The third kappa shape index (κ3) is 2.89. The van der Waals surface area contributed by atoms with Gasteiger partial charge in [-0.2, -0.15) is 0 Å². The Kier molecular flexibility index (Phi) is 4.58. The van der Waals surface area contributed by atoms with Crippen molar-refractivity contribution in [1.29, 1.82) is 0 Å². The van der Waals surface area contributed by atoms with Crippen LogP contribution in [0.1, 0.15) is 43.2 Å². The van der Waals surface area contributed by atoms with Gasteiger partial charge in [0.2, 0.25) is 5.91 Å². The first-order chi connectivity index (χ1) is 15.9. The molecule has 33 heavy (non-hydrogen) atoms. The van der Waals surface area contributed by atoms with Crippen LogP contribution in [0.15, 0.2) is 24.3 Å². The van der Waals surface area contributed by atoms with Crippen LogP contribution >= 0.6 is 0 Å². The normalized spacial score (nSPS) is 36.2. The number of methoxy groups -OCH3 is 1. The Balaban J connectivity index is 1.38. The van der Waals surface area contributed by atoms with Crippen LogP contribution in [-0.4, -0.2) is 71.0 Å². The number of hydrogen-bond donors (Lipinski definition) is 3. The Hall–Kier alpha value is -2.58. The monoisotopic (exact) mass is 454 g/mol. The molecular formula is C25H30N2O6. The smallest absolute Gasteiger partial charge is 0.330 e. The van der Waals surface area contributed by atoms with Crippen molar-refractivity contribution < 1.29 is 29.3 Å². The molecule has 5 atom stereocenters. The van der Waals surface area contributed by atoms with Gasteiger partial charge in [0.05, 0.1) is 24.2 Å². The molecule has 2 saturated carbocycles. The van der Waals surface area contributed by atoms with Gasteiger partial charge in [-0.15, -0.1) is 0 Å². The lowest BCUT2D eigenvalue weighted by Crippen LogP contribution is -2.78. The maximum Gasteiger partial charge on any atom is 0.330 e. The number of aromatic hydroxyl groups is 1. The summed E-state index contributed by atoms with van der Waals surface area (Å²) in [6.45, 7) is 1.88. The third-order valence-electron chi connectivity index (χ3n) is 8.66. The maximum atomic E-state index is 12.6. The topological polar surface area (TPSA) is 108 Å². The number of carbonyl (C=O) groups is 2. The van der Waals surface area contributed by atoms with Gasteiger partial charge in [0.1, 0.15) is 6.10 Å². The minimum Gasteiger partial charge on any atom is -0.504 e. The summed E-state index contributed by atoms with van der Waals surface area (Å²) in [7, 11) is 1.26. The molecule has 5 aliphatic rings. The summed E-state index contributed by atoms with van der Waals surface area (Å²) in [6, 6.07) is 3.29. The second-order valence-corrected chi connectivity index (χ2v) is 10.3. The number of nitrogens with one attached hydrogen (secondary N) is 1. The minimum atomic E-state index is -0.986. The maximum absolute atomic E-state index is 12.6. The highest BCUT2D eigenvalue weighted by Gasteiger charge is 2.73. The van der Waals surface area contributed by atoms with E-state index in [9.17, 15) is 19.8 Å². The number of esters is 1. The third-order valence-corrected chi connectivity index (χ3v) is 8.66. The van der Waals surface area contributed by atoms with Gasteiger partial charge in [-0.05, 0) is 62.6 Å². The fraction of sp³-hybridized carbons (Fsp3) is 0.600. The Morgan fingerprint density at radius 2 is 2.09 bits per heavy atom. The van der Waals surface area contributed by atoms with E-state index in [4.69, 9.17) is 4.74 Å². The van der Waals surface area contributed by atoms with Crippen LogP contribution < -0.4 is 10.1 Å². The molecule has 3 fully saturated rings. The van der Waals surface area contributed by atoms with Gasteiger partial charge >= 0.3 is 5.97 Å². The first kappa shape index (κ1) is 21.0. The lowest BCUT2D eigenvalue weighted by molar-refractivity contribution is -0.192. The molecule has 2 bridgehead atoms. The summed E-state index contributed by atoms with van der Waals surface area (Å²) in [4.78, 5) is 26.4. The van der Waals surface area contributed by atoms with E-state index in [2.05, 4.69) is 15.0 Å². The van der Waals surface area contributed by atoms with Gasteiger partial charge in [-0.1, -0.05) is 6.07 Å². The van der Waals surface area contributed by atoms with Gasteiger partial charge < -0.3 is 25.0 Å². The summed E-state index contributed by atoms with van der Waals surface area (Å²) >= 11 is 0. The van der Waals surface area contributed by atoms with Crippen LogP contribution in [0.3, 0.4) is 0 Å². The molecule has 8 nitrogen and oxygen atoms in total. The van der Waals surface area contributed by atoms with Crippen molar-refractivity contribution in [3.05, 3.63) is 35.4 Å². The molecule has 176 valence electrons. The van der Waals surface area contributed by atoms with Crippen molar-refractivity contribution in [3.63, 3.8) is 0 Å². The van der Waals surface area contributed by atoms with Gasteiger partial charge in [-0.3, -0.25) is 9.69 Å². The van der Waals surface area contributed by atoms with E-state index in [0.29, 0.717) is 25.0 Å². The van der Waals surface area contributed by atoms with E-state index < -0.39 is 29.0 Å². The number of amides is 1. The zero-order valence-electron chi connectivity index (χ0n) is 18.8. The molecule has 2 heterocycles. The number of benzene rings is 1. The summed E-state index contributed by atoms with van der Waals surface area (Å²) in [5.74, 6) is 0.256. The van der Waals surface area contributed by atoms with E-state index >= 15 is 0 Å². The number of phenols is 1. The summed E-state index contributed by atoms with van der Waals surface area (Å²) in [5, 5.41) is 26.0. The second-order valence-electron chi connectivity index (χ2n) is 10.3. The lowest BCUT2D eigenvalue weighted by Gasteiger charge is -2.64. The number of carbonyl (C=O) groups excluding carboxylic acids is 2. The number of rotatable bonds is 5. The SMILES string of the molecule is COC(=O)/C=C\C(=O)N[C@@H]1CC[C@]2(O)[C@H]3Cc4ccc(O)c5c4[C@@]2(CCN3CC2CC2)[C@H]1O5. The fourth-order valence-corrected chi connectivity index (χ4v) is 7.07. The van der Waals surface area contributed by atoms with Crippen LogP contribution in [0, 0.1) is 5.92 Å². The standard InChI is InChI=1S/C25H30N2O6/c1-32-20(30)7-6-19(29)26-16-8-9-25(31)18-12-15-4-5-17(28)22-21(15)24(25,23(16)33-22)10-11-27(18)13-14-2-3-14/h4-7,14,16,18,23,28,31H,2-3,8-13H2,1H3,(H,26,29)/b7-6-/t16-,18-,23+,24+,25+/m1/s1. The zero-order chi connectivity index (χ0) is 23.0. The highest BCUT2D eigenvalue weighted by Crippen LogP contribution is 2.65. The quantitative estimate of drug-likeness (QED) is 0.453. The Morgan fingerprint density at radius 3 is 2.85 bits per heavy atom. The van der Waals surface area contributed by atoms with E-state index in [-0.39, 0.29) is 17.8 Å². The number of hydrogen-bond acceptors (Lipinski definition) is 7. The number of nitrogens with zero attached hydrogens (tertiary/aromatic N) is 1. The van der Waals surface area contributed by atoms with Gasteiger partial charge in [0.25, 0.3) is 0 Å². The first-order valence-electron chi connectivity index (χ1n) is 11.9. The summed E-state index contributed by atoms with van der Waals surface area (Å²) in [6.07, 6.45) is 6.84. The van der Waals surface area contributed by atoms with Crippen molar-refractivity contribution in [1.82, 2.24) is 10.2 Å². The molecular weight excluding hydrogens is 424 g/mol. The number of piperidine rings is 1. The molecule has 1 aromatic carbocycles. The predicted octanol–water partition coefficient (Wildman–Crippen LogP) is 1.17. The van der Waals surface area contributed by atoms with Gasteiger partial charge in [0.15, 0.2) is 11.5 Å². The van der Waals surface area contributed by atoms with Crippen LogP contribution in [-0.2, 0) is 26.2 Å². The molecule has 0 unspecified atom stereocenters. The molecule has 1 saturated heterocycles. The molecule has 1 aromatic rings. The molecule has 2 aliphatic heterocycles. The van der Waals surface area contributed by atoms with E-state index in [0.717, 1.165) is 48.7 Å². The summed E-state index contributed by atoms with van der Waals surface area (Å²) < 4.78 is 11.0. The van der Waals surface area contributed by atoms with Crippen molar-refractivity contribution >= 4 is 11.9 Å². The van der Waals surface area contributed by atoms with Crippen molar-refractivity contribution in [2.75, 3.05) is 20.2 Å². The predicted molar refractivity (Wildman–Crippen MR) is 118 cm³/mol. The molecule has 0 aromatic heterocycles. The number of ether oxygens (including phenoxy) is 2. The van der Waals surface area contributed by atoms with E-state index in [1.807, 2.05) is 6.07 Å². The molecule has 3 aliphatic carbocycles. The van der Waals surface area contributed by atoms with E-state index in [1.54, 1.807) is 6.07 Å². The largest absolute Gasteiger partial charge is 0.504 e. The average molecular weight is 455 g/mol. The van der Waals surface area contributed by atoms with Crippen molar-refractivity contribution in [3.8, 4) is 11.5 Å². The Labute approximate surface area is 192 Å². The van der Waals surface area contributed by atoms with Gasteiger partial charge in [0, 0.05) is 30.3 Å². The number of phenolic OH excluding ortho intramolecular Hbond substituents is 1. The van der Waals surface area contributed by atoms with Crippen LogP contribution in [0.2, 0.25) is 0 Å². The molecule has 6 rings (SSSR count). The fourth-order valence-electron chi connectivity index (χ4n) is 7.07. The Morgan fingerprint density at radius 1 is 1.27 bits per heavy atom. The van der Waals surface area contributed by atoms with Crippen molar-refractivity contribution in [2.45, 2.75) is 67.7 Å². The zero-order valence-corrected chi connectivity index (χ0v) is 18.8. The minimum absolute atomic E-state index is 0.00295. The van der Waals surface area contributed by atoms with Gasteiger partial charge in [-0.25, -0.2) is 4.79 Å². The molecule has 8 heteroatoms. The lowest BCUT2D eigenvalue weighted by atomic mass is 9.48. The first-order valence-corrected chi connectivity index (χ1v) is 11.9. The summed E-state index contributed by atoms with van der Waals surface area (Å²) in [5.41, 5.74) is 0.390. The van der Waals surface area contributed by atoms with Crippen LogP contribution in [0.25, 0.3) is 0 Å². The average Bonchev–Trinajstić information content (AvgIpc) is 3.54. The molecule has 1 spiro atoms. The molecule has 0 radical (unpaired) electrons. The number of aliphatic hydroxyl groups is 1. The second kappa shape index (κ2) is 7.21. The van der Waals surface area contributed by atoms with E-state index in [1.165, 1.54) is 20.0 Å². The Bertz CT molecular complexity index is 1050. The molecule has 3 N–H and O–H groups in total.